The zero-order chi connectivity index (χ0) is 20.1. The molecule has 0 bridgehead atoms. The summed E-state index contributed by atoms with van der Waals surface area (Å²) in [6, 6.07) is 9.04. The maximum absolute atomic E-state index is 13.2. The molecular weight excluding hydrogens is 383 g/mol. The van der Waals surface area contributed by atoms with Gasteiger partial charge in [-0.1, -0.05) is 6.07 Å². The Morgan fingerprint density at radius 2 is 1.82 bits per heavy atom. The third-order valence-electron chi connectivity index (χ3n) is 4.85. The number of halogens is 1. The summed E-state index contributed by atoms with van der Waals surface area (Å²) in [5, 5.41) is 0. The Bertz CT molecular complexity index is 934. The monoisotopic (exact) mass is 408 g/mol. The van der Waals surface area contributed by atoms with Gasteiger partial charge in [-0.2, -0.15) is 0 Å². The van der Waals surface area contributed by atoms with Gasteiger partial charge < -0.3 is 9.47 Å². The van der Waals surface area contributed by atoms with Crippen LogP contribution < -0.4 is 14.2 Å². The van der Waals surface area contributed by atoms with Gasteiger partial charge in [0.15, 0.2) is 11.5 Å². The lowest BCUT2D eigenvalue weighted by Gasteiger charge is -2.29. The van der Waals surface area contributed by atoms with Crippen LogP contribution in [0.2, 0.25) is 0 Å². The Hall–Kier alpha value is -2.16. The molecule has 0 aliphatic carbocycles. The quantitative estimate of drug-likeness (QED) is 0.680. The molecule has 0 spiro atoms. The number of nitrogens with one attached hydrogen (secondary N) is 1. The van der Waals surface area contributed by atoms with Crippen molar-refractivity contribution in [3.05, 3.63) is 53.3 Å². The second-order valence-corrected chi connectivity index (χ2v) is 8.48. The molecule has 0 atom stereocenters. The van der Waals surface area contributed by atoms with Crippen molar-refractivity contribution in [3.63, 3.8) is 0 Å². The minimum Gasteiger partial charge on any atom is -0.493 e. The molecule has 1 aliphatic rings. The van der Waals surface area contributed by atoms with E-state index in [0.29, 0.717) is 18.7 Å². The van der Waals surface area contributed by atoms with Gasteiger partial charge in [0.1, 0.15) is 5.82 Å². The van der Waals surface area contributed by atoms with E-state index in [4.69, 9.17) is 9.47 Å². The number of fused-ring (bicyclic) bond motifs is 1. The fraction of sp³-hybridized carbons (Fsp3) is 0.400. The zero-order valence-electron chi connectivity index (χ0n) is 16.1. The lowest BCUT2D eigenvalue weighted by Crippen LogP contribution is -2.33. The topological polar surface area (TPSA) is 67.9 Å². The summed E-state index contributed by atoms with van der Waals surface area (Å²) >= 11 is 0. The molecule has 1 N–H and O–H groups in total. The summed E-state index contributed by atoms with van der Waals surface area (Å²) in [6.07, 6.45) is 1.57. The smallest absolute Gasteiger partial charge is 0.240 e. The summed E-state index contributed by atoms with van der Waals surface area (Å²) in [5.41, 5.74) is 2.45. The molecule has 0 aromatic heterocycles. The van der Waals surface area contributed by atoms with Crippen molar-refractivity contribution in [1.82, 2.24) is 9.62 Å². The van der Waals surface area contributed by atoms with Gasteiger partial charge in [-0.05, 0) is 60.8 Å². The Labute approximate surface area is 165 Å². The Kier molecular flexibility index (Phi) is 6.53. The zero-order valence-corrected chi connectivity index (χ0v) is 16.9. The summed E-state index contributed by atoms with van der Waals surface area (Å²) in [5.74, 6) is 0.884. The molecule has 0 amide bonds. The minimum absolute atomic E-state index is 0.0551. The first kappa shape index (κ1) is 20.6. The predicted octanol–water partition coefficient (Wildman–Crippen LogP) is 2.57. The molecule has 6 nitrogen and oxygen atoms in total. The summed E-state index contributed by atoms with van der Waals surface area (Å²) < 4.78 is 50.9. The van der Waals surface area contributed by atoms with Crippen LogP contribution in [-0.2, 0) is 23.0 Å². The van der Waals surface area contributed by atoms with Crippen LogP contribution in [-0.4, -0.2) is 47.2 Å². The van der Waals surface area contributed by atoms with E-state index in [-0.39, 0.29) is 4.90 Å². The number of hydrogen-bond donors (Lipinski definition) is 1. The second kappa shape index (κ2) is 8.89. The van der Waals surface area contributed by atoms with Crippen molar-refractivity contribution in [3.8, 4) is 11.5 Å². The van der Waals surface area contributed by atoms with E-state index in [2.05, 4.69) is 9.62 Å². The van der Waals surface area contributed by atoms with Crippen LogP contribution in [0.1, 0.15) is 17.5 Å². The van der Waals surface area contributed by atoms with Crippen molar-refractivity contribution in [2.24, 2.45) is 0 Å². The third-order valence-corrected chi connectivity index (χ3v) is 6.31. The van der Waals surface area contributed by atoms with Gasteiger partial charge in [0.05, 0.1) is 19.1 Å². The van der Waals surface area contributed by atoms with Gasteiger partial charge in [0.2, 0.25) is 10.0 Å². The fourth-order valence-electron chi connectivity index (χ4n) is 3.36. The van der Waals surface area contributed by atoms with Crippen LogP contribution in [0.5, 0.6) is 11.5 Å². The van der Waals surface area contributed by atoms with Crippen molar-refractivity contribution < 1.29 is 22.3 Å². The average molecular weight is 408 g/mol. The molecule has 1 heterocycles. The number of sulfonamides is 1. The highest BCUT2D eigenvalue weighted by molar-refractivity contribution is 7.89. The fourth-order valence-corrected chi connectivity index (χ4v) is 4.46. The lowest BCUT2D eigenvalue weighted by atomic mass is 9.98. The van der Waals surface area contributed by atoms with Gasteiger partial charge in [0.25, 0.3) is 0 Å². The van der Waals surface area contributed by atoms with Gasteiger partial charge in [-0.25, -0.2) is 17.5 Å². The molecule has 0 saturated carbocycles. The summed E-state index contributed by atoms with van der Waals surface area (Å²) in [4.78, 5) is 2.23. The molecule has 2 aromatic carbocycles. The molecule has 8 heteroatoms. The average Bonchev–Trinajstić information content (AvgIpc) is 2.70. The van der Waals surface area contributed by atoms with Crippen LogP contribution in [0.3, 0.4) is 0 Å². The highest BCUT2D eigenvalue weighted by Crippen LogP contribution is 2.33. The molecule has 0 saturated heterocycles. The number of benzene rings is 2. The van der Waals surface area contributed by atoms with Crippen molar-refractivity contribution in [2.75, 3.05) is 33.9 Å². The van der Waals surface area contributed by atoms with Gasteiger partial charge >= 0.3 is 0 Å². The van der Waals surface area contributed by atoms with E-state index >= 15 is 0 Å². The largest absolute Gasteiger partial charge is 0.493 e. The molecule has 3 rings (SSSR count). The van der Waals surface area contributed by atoms with Gasteiger partial charge in [-0.15, -0.1) is 0 Å². The van der Waals surface area contributed by atoms with E-state index in [9.17, 15) is 12.8 Å². The van der Waals surface area contributed by atoms with Crippen molar-refractivity contribution in [1.29, 1.82) is 0 Å². The number of rotatable bonds is 8. The van der Waals surface area contributed by atoms with E-state index in [0.717, 1.165) is 37.9 Å². The molecule has 0 radical (unpaired) electrons. The van der Waals surface area contributed by atoms with E-state index in [1.54, 1.807) is 14.2 Å². The first-order chi connectivity index (χ1) is 13.4. The SMILES string of the molecule is COc1cc2c(cc1OC)CN(CCCNS(=O)(=O)c1cccc(F)c1)CC2. The van der Waals surface area contributed by atoms with Crippen LogP contribution >= 0.6 is 0 Å². The van der Waals surface area contributed by atoms with Crippen LogP contribution in [0, 0.1) is 5.82 Å². The second-order valence-electron chi connectivity index (χ2n) is 6.71. The van der Waals surface area contributed by atoms with Crippen LogP contribution in [0.25, 0.3) is 0 Å². The number of ether oxygens (including phenoxy) is 2. The number of nitrogens with zero attached hydrogens (tertiary/aromatic N) is 1. The normalized spacial score (nSPS) is 14.5. The maximum atomic E-state index is 13.2. The lowest BCUT2D eigenvalue weighted by molar-refractivity contribution is 0.250. The third kappa shape index (κ3) is 4.81. The number of methoxy groups -OCH3 is 2. The van der Waals surface area contributed by atoms with Crippen LogP contribution in [0.4, 0.5) is 4.39 Å². The highest BCUT2D eigenvalue weighted by atomic mass is 32.2. The van der Waals surface area contributed by atoms with E-state index in [1.165, 1.54) is 29.3 Å². The standard InChI is InChI=1S/C20H25FN2O4S/c1-26-19-11-15-7-10-23(14-16(15)12-20(19)27-2)9-4-8-22-28(24,25)18-6-3-5-17(21)13-18/h3,5-6,11-13,22H,4,7-10,14H2,1-2H3. The van der Waals surface area contributed by atoms with Crippen LogP contribution in [0.15, 0.2) is 41.3 Å². The Morgan fingerprint density at radius 1 is 1.11 bits per heavy atom. The molecule has 0 unspecified atom stereocenters. The Balaban J connectivity index is 1.53. The summed E-state index contributed by atoms with van der Waals surface area (Å²) in [7, 11) is -0.440. The predicted molar refractivity (Wildman–Crippen MR) is 105 cm³/mol. The van der Waals surface area contributed by atoms with Gasteiger partial charge in [0, 0.05) is 19.6 Å². The minimum atomic E-state index is -3.69. The number of hydrogen-bond acceptors (Lipinski definition) is 5. The molecule has 2 aromatic rings. The van der Waals surface area contributed by atoms with Crippen molar-refractivity contribution in [2.45, 2.75) is 24.3 Å². The van der Waals surface area contributed by atoms with Gasteiger partial charge in [-0.3, -0.25) is 4.90 Å². The molecule has 0 fully saturated rings. The summed E-state index contributed by atoms with van der Waals surface area (Å²) in [6.45, 7) is 2.75. The highest BCUT2D eigenvalue weighted by Gasteiger charge is 2.19. The molecule has 28 heavy (non-hydrogen) atoms. The maximum Gasteiger partial charge on any atom is 0.240 e. The van der Waals surface area contributed by atoms with Crippen molar-refractivity contribution >= 4 is 10.0 Å². The first-order valence-corrected chi connectivity index (χ1v) is 10.6. The molecule has 1 aliphatic heterocycles. The molecule has 152 valence electrons. The Morgan fingerprint density at radius 3 is 2.50 bits per heavy atom. The molecular formula is C20H25FN2O4S. The van der Waals surface area contributed by atoms with E-state index < -0.39 is 15.8 Å². The first-order valence-electron chi connectivity index (χ1n) is 9.14. The van der Waals surface area contributed by atoms with E-state index in [1.807, 2.05) is 12.1 Å².